The molecule has 8 heteroatoms. The molecule has 41 heavy (non-hydrogen) atoms. The molecule has 3 heterocycles. The molecule has 0 radical (unpaired) electrons. The molecule has 4 fully saturated rings. The number of benzene rings is 1. The van der Waals surface area contributed by atoms with Crippen molar-refractivity contribution in [1.82, 2.24) is 4.90 Å². The van der Waals surface area contributed by atoms with Crippen molar-refractivity contribution >= 4 is 11.8 Å². The van der Waals surface area contributed by atoms with E-state index in [-0.39, 0.29) is 12.2 Å². The molecule has 3 aliphatic heterocycles. The number of ether oxygens (including phenoxy) is 5. The lowest BCUT2D eigenvalue weighted by Gasteiger charge is -2.36. The fraction of sp³-hybridized carbons (Fsp3) is 0.788. The van der Waals surface area contributed by atoms with E-state index in [4.69, 9.17) is 23.7 Å². The van der Waals surface area contributed by atoms with Crippen molar-refractivity contribution in [2.45, 2.75) is 140 Å². The van der Waals surface area contributed by atoms with Crippen molar-refractivity contribution in [3.8, 4) is 0 Å². The minimum atomic E-state index is -0.561. The minimum Gasteiger partial charge on any atom is -0.442 e. The fourth-order valence-electron chi connectivity index (χ4n) is 6.86. The number of rotatable bonds is 15. The van der Waals surface area contributed by atoms with E-state index < -0.39 is 30.4 Å². The molecule has 1 N–H and O–H groups in total. The second kappa shape index (κ2) is 15.7. The molecule has 1 aliphatic carbocycles. The van der Waals surface area contributed by atoms with E-state index in [9.17, 15) is 4.79 Å². The topological polar surface area (TPSA) is 78.5 Å². The molecular weight excluding hydrogens is 520 g/mol. The van der Waals surface area contributed by atoms with E-state index in [1.165, 1.54) is 44.9 Å². The zero-order chi connectivity index (χ0) is 28.3. The van der Waals surface area contributed by atoms with Crippen LogP contribution in [-0.2, 0) is 23.7 Å². The predicted octanol–water partition coefficient (Wildman–Crippen LogP) is 7.03. The van der Waals surface area contributed by atoms with Gasteiger partial charge in [-0.25, -0.2) is 4.79 Å². The van der Waals surface area contributed by atoms with E-state index in [0.29, 0.717) is 18.8 Å². The van der Waals surface area contributed by atoms with Gasteiger partial charge in [0.1, 0.15) is 24.4 Å². The Kier molecular flexibility index (Phi) is 11.7. The molecule has 0 bridgehead atoms. The zero-order valence-electron chi connectivity index (χ0n) is 25.1. The Morgan fingerprint density at radius 3 is 2.39 bits per heavy atom. The fourth-order valence-corrected chi connectivity index (χ4v) is 6.86. The summed E-state index contributed by atoms with van der Waals surface area (Å²) in [7, 11) is 0. The molecule has 5 atom stereocenters. The summed E-state index contributed by atoms with van der Waals surface area (Å²) in [4.78, 5) is 15.4. The van der Waals surface area contributed by atoms with Crippen molar-refractivity contribution in [1.29, 1.82) is 0 Å². The van der Waals surface area contributed by atoms with E-state index in [1.807, 2.05) is 30.3 Å². The van der Waals surface area contributed by atoms with Gasteiger partial charge in [0.05, 0.1) is 0 Å². The van der Waals surface area contributed by atoms with Crippen LogP contribution in [0, 0.1) is 0 Å². The van der Waals surface area contributed by atoms with Crippen molar-refractivity contribution in [3.63, 3.8) is 0 Å². The second-order valence-corrected chi connectivity index (χ2v) is 12.4. The number of hydrogen-bond acceptors (Lipinski definition) is 7. The van der Waals surface area contributed by atoms with Crippen molar-refractivity contribution in [2.75, 3.05) is 31.6 Å². The molecule has 1 saturated carbocycles. The third-order valence-electron chi connectivity index (χ3n) is 9.09. The van der Waals surface area contributed by atoms with Crippen LogP contribution in [-0.4, -0.2) is 73.7 Å². The summed E-state index contributed by atoms with van der Waals surface area (Å²) < 4.78 is 32.4. The zero-order valence-corrected chi connectivity index (χ0v) is 25.1. The molecule has 1 aromatic rings. The van der Waals surface area contributed by atoms with Gasteiger partial charge in [-0.15, -0.1) is 0 Å². The average Bonchev–Trinajstić information content (AvgIpc) is 3.69. The SMILES string of the molecule is CCCCCCCCCCO[C@@H]1[C@H]2OC3(CCCCC3)O[C@H]2O[C@@H]1[C@@H](CN1CCCC1)OC(=O)Nc1ccccc1. The molecule has 5 rings (SSSR count). The van der Waals surface area contributed by atoms with Gasteiger partial charge >= 0.3 is 6.09 Å². The third kappa shape index (κ3) is 8.66. The third-order valence-corrected chi connectivity index (χ3v) is 9.09. The number of likely N-dealkylation sites (tertiary alicyclic amines) is 1. The number of amides is 1. The van der Waals surface area contributed by atoms with Crippen LogP contribution in [0.5, 0.6) is 0 Å². The molecule has 1 spiro atoms. The monoisotopic (exact) mass is 572 g/mol. The number of anilines is 1. The Morgan fingerprint density at radius 1 is 0.951 bits per heavy atom. The van der Waals surface area contributed by atoms with Gasteiger partial charge in [-0.1, -0.05) is 76.5 Å². The smallest absolute Gasteiger partial charge is 0.412 e. The van der Waals surface area contributed by atoms with Crippen LogP contribution in [0.2, 0.25) is 0 Å². The summed E-state index contributed by atoms with van der Waals surface area (Å²) in [5.74, 6) is -0.561. The summed E-state index contributed by atoms with van der Waals surface area (Å²) in [6, 6.07) is 9.42. The van der Waals surface area contributed by atoms with Gasteiger partial charge in [-0.05, 0) is 57.3 Å². The maximum Gasteiger partial charge on any atom is 0.412 e. The molecule has 0 aromatic heterocycles. The van der Waals surface area contributed by atoms with Gasteiger partial charge in [0.25, 0.3) is 0 Å². The molecular formula is C33H52N2O6. The van der Waals surface area contributed by atoms with Crippen LogP contribution >= 0.6 is 0 Å². The van der Waals surface area contributed by atoms with Crippen LogP contribution < -0.4 is 5.32 Å². The summed E-state index contributed by atoms with van der Waals surface area (Å²) in [5.41, 5.74) is 0.704. The first-order valence-electron chi connectivity index (χ1n) is 16.5. The Labute approximate surface area is 246 Å². The number of nitrogens with one attached hydrogen (secondary N) is 1. The lowest BCUT2D eigenvalue weighted by Crippen LogP contribution is -2.49. The highest BCUT2D eigenvalue weighted by molar-refractivity contribution is 5.84. The van der Waals surface area contributed by atoms with Crippen molar-refractivity contribution in [3.05, 3.63) is 30.3 Å². The number of carbonyl (C=O) groups excluding carboxylic acids is 1. The van der Waals surface area contributed by atoms with Gasteiger partial charge in [-0.3, -0.25) is 10.2 Å². The number of nitrogens with zero attached hydrogens (tertiary/aromatic N) is 1. The molecule has 4 aliphatic rings. The lowest BCUT2D eigenvalue weighted by molar-refractivity contribution is -0.256. The maximum atomic E-state index is 13.1. The quantitative estimate of drug-likeness (QED) is 0.226. The average molecular weight is 573 g/mol. The Balaban J connectivity index is 1.23. The van der Waals surface area contributed by atoms with E-state index >= 15 is 0 Å². The van der Waals surface area contributed by atoms with Crippen LogP contribution in [0.25, 0.3) is 0 Å². The molecule has 8 nitrogen and oxygen atoms in total. The summed E-state index contributed by atoms with van der Waals surface area (Å²) in [5, 5.41) is 2.88. The summed E-state index contributed by atoms with van der Waals surface area (Å²) >= 11 is 0. The van der Waals surface area contributed by atoms with Gasteiger partial charge in [-0.2, -0.15) is 0 Å². The van der Waals surface area contributed by atoms with Crippen LogP contribution in [0.3, 0.4) is 0 Å². The van der Waals surface area contributed by atoms with Crippen LogP contribution in [0.4, 0.5) is 10.5 Å². The van der Waals surface area contributed by atoms with Crippen LogP contribution in [0.15, 0.2) is 30.3 Å². The van der Waals surface area contributed by atoms with Crippen molar-refractivity contribution in [2.24, 2.45) is 0 Å². The Hall–Kier alpha value is -1.71. The van der Waals surface area contributed by atoms with Gasteiger partial charge in [0.2, 0.25) is 0 Å². The molecule has 1 amide bonds. The van der Waals surface area contributed by atoms with Crippen molar-refractivity contribution < 1.29 is 28.5 Å². The molecule has 0 unspecified atom stereocenters. The molecule has 1 aromatic carbocycles. The van der Waals surface area contributed by atoms with Crippen LogP contribution in [0.1, 0.15) is 103 Å². The van der Waals surface area contributed by atoms with E-state index in [0.717, 1.165) is 64.5 Å². The standard InChI is InChI=1S/C33H52N2O6/c1-2-3-4-5-6-7-8-17-24-37-29-28(39-31-30(29)40-33(41-31)20-13-10-14-21-33)27(25-35-22-15-16-23-35)38-32(36)34-26-18-11-9-12-19-26/h9,11-12,18-19,27-31H,2-8,10,13-17,20-25H2,1H3,(H,34,36)/t27-,28-,29+,30-,31-/m1/s1. The van der Waals surface area contributed by atoms with E-state index in [1.54, 1.807) is 0 Å². The highest BCUT2D eigenvalue weighted by Crippen LogP contribution is 2.46. The molecule has 3 saturated heterocycles. The predicted molar refractivity (Wildman–Crippen MR) is 159 cm³/mol. The largest absolute Gasteiger partial charge is 0.442 e. The normalized spacial score (nSPS) is 28.1. The minimum absolute atomic E-state index is 0.311. The second-order valence-electron chi connectivity index (χ2n) is 12.4. The van der Waals surface area contributed by atoms with E-state index in [2.05, 4.69) is 17.1 Å². The highest BCUT2D eigenvalue weighted by Gasteiger charge is 2.60. The first-order chi connectivity index (χ1) is 20.2. The Morgan fingerprint density at radius 2 is 1.66 bits per heavy atom. The molecule has 230 valence electrons. The van der Waals surface area contributed by atoms with Gasteiger partial charge in [0, 0.05) is 31.7 Å². The maximum absolute atomic E-state index is 13.1. The number of para-hydroxylation sites is 1. The summed E-state index contributed by atoms with van der Waals surface area (Å²) in [6.45, 7) is 5.51. The number of hydrogen-bond donors (Lipinski definition) is 1. The number of fused-ring (bicyclic) bond motifs is 1. The lowest BCUT2D eigenvalue weighted by atomic mass is 9.94. The highest BCUT2D eigenvalue weighted by atomic mass is 16.8. The van der Waals surface area contributed by atoms with Gasteiger partial charge < -0.3 is 23.7 Å². The Bertz CT molecular complexity index is 904. The first kappa shape index (κ1) is 30.7. The number of carbonyl (C=O) groups is 1. The van der Waals surface area contributed by atoms with Gasteiger partial charge in [0.15, 0.2) is 12.1 Å². The summed E-state index contributed by atoms with van der Waals surface area (Å²) in [6.07, 6.45) is 14.9. The first-order valence-corrected chi connectivity index (χ1v) is 16.5. The number of unbranched alkanes of at least 4 members (excludes halogenated alkanes) is 7.